The molecule has 0 aromatic rings. The second-order valence-electron chi connectivity index (χ2n) is 5.17. The highest BCUT2D eigenvalue weighted by atomic mass is 16.5. The van der Waals surface area contributed by atoms with Crippen molar-refractivity contribution in [3.8, 4) is 0 Å². The molecule has 0 aliphatic carbocycles. The monoisotopic (exact) mass is 256 g/mol. The third-order valence-corrected chi connectivity index (χ3v) is 3.48. The quantitative estimate of drug-likeness (QED) is 0.671. The number of amides is 1. The van der Waals surface area contributed by atoms with E-state index in [9.17, 15) is 4.79 Å². The highest BCUT2D eigenvalue weighted by Gasteiger charge is 2.22. The predicted octanol–water partition coefficient (Wildman–Crippen LogP) is 1.65. The molecule has 1 atom stereocenters. The molecule has 1 fully saturated rings. The fourth-order valence-corrected chi connectivity index (χ4v) is 2.45. The fraction of sp³-hybridized carbons (Fsp3) is 0.929. The first-order valence-electron chi connectivity index (χ1n) is 7.28. The number of nitrogens with one attached hydrogen (secondary N) is 1. The van der Waals surface area contributed by atoms with Crippen molar-refractivity contribution in [1.82, 2.24) is 10.2 Å². The minimum absolute atomic E-state index is 0.160. The molecule has 1 amide bonds. The van der Waals surface area contributed by atoms with E-state index in [1.807, 2.05) is 11.9 Å². The average Bonchev–Trinajstić information content (AvgIpc) is 2.39. The zero-order chi connectivity index (χ0) is 13.2. The van der Waals surface area contributed by atoms with Gasteiger partial charge in [0.15, 0.2) is 0 Å². The SMILES string of the molecule is CCCCCOCC(=O)N1CCCC(CNC)C1. The number of hydrogen-bond acceptors (Lipinski definition) is 3. The van der Waals surface area contributed by atoms with Crippen LogP contribution in [0, 0.1) is 5.92 Å². The molecule has 4 heteroatoms. The van der Waals surface area contributed by atoms with Gasteiger partial charge in [0, 0.05) is 19.7 Å². The van der Waals surface area contributed by atoms with E-state index < -0.39 is 0 Å². The van der Waals surface area contributed by atoms with Gasteiger partial charge in [-0.2, -0.15) is 0 Å². The molecule has 1 aliphatic heterocycles. The topological polar surface area (TPSA) is 41.6 Å². The van der Waals surface area contributed by atoms with Crippen LogP contribution in [-0.2, 0) is 9.53 Å². The zero-order valence-corrected chi connectivity index (χ0v) is 11.9. The van der Waals surface area contributed by atoms with E-state index in [2.05, 4.69) is 12.2 Å². The normalized spacial score (nSPS) is 20.1. The Bertz CT molecular complexity index is 232. The Hall–Kier alpha value is -0.610. The molecule has 0 aromatic carbocycles. The van der Waals surface area contributed by atoms with Crippen molar-refractivity contribution in [1.29, 1.82) is 0 Å². The summed E-state index contributed by atoms with van der Waals surface area (Å²) in [6.07, 6.45) is 5.78. The van der Waals surface area contributed by atoms with Crippen molar-refractivity contribution in [3.63, 3.8) is 0 Å². The third kappa shape index (κ3) is 5.83. The van der Waals surface area contributed by atoms with E-state index in [0.29, 0.717) is 12.5 Å². The van der Waals surface area contributed by atoms with Gasteiger partial charge in [-0.15, -0.1) is 0 Å². The van der Waals surface area contributed by atoms with Crippen LogP contribution in [0.25, 0.3) is 0 Å². The molecule has 0 spiro atoms. The minimum atomic E-state index is 0.160. The van der Waals surface area contributed by atoms with Crippen LogP contribution < -0.4 is 5.32 Å². The molecular weight excluding hydrogens is 228 g/mol. The van der Waals surface area contributed by atoms with Gasteiger partial charge < -0.3 is 15.0 Å². The summed E-state index contributed by atoms with van der Waals surface area (Å²) in [5.41, 5.74) is 0. The number of ether oxygens (including phenoxy) is 1. The zero-order valence-electron chi connectivity index (χ0n) is 11.9. The molecule has 106 valence electrons. The fourth-order valence-electron chi connectivity index (χ4n) is 2.45. The number of carbonyl (C=O) groups is 1. The van der Waals surface area contributed by atoms with Crippen molar-refractivity contribution in [2.45, 2.75) is 39.0 Å². The summed E-state index contributed by atoms with van der Waals surface area (Å²) < 4.78 is 5.44. The molecule has 0 bridgehead atoms. The highest BCUT2D eigenvalue weighted by Crippen LogP contribution is 2.15. The number of piperidine rings is 1. The van der Waals surface area contributed by atoms with Crippen LogP contribution in [-0.4, -0.2) is 50.7 Å². The van der Waals surface area contributed by atoms with E-state index in [-0.39, 0.29) is 12.5 Å². The Kier molecular flexibility index (Phi) is 8.01. The van der Waals surface area contributed by atoms with Crippen molar-refractivity contribution in [3.05, 3.63) is 0 Å². The smallest absolute Gasteiger partial charge is 0.248 e. The molecule has 1 N–H and O–H groups in total. The summed E-state index contributed by atoms with van der Waals surface area (Å²) in [6, 6.07) is 0. The average molecular weight is 256 g/mol. The Labute approximate surface area is 111 Å². The van der Waals surface area contributed by atoms with Crippen LogP contribution >= 0.6 is 0 Å². The van der Waals surface area contributed by atoms with E-state index >= 15 is 0 Å². The number of unbranched alkanes of at least 4 members (excludes halogenated alkanes) is 2. The van der Waals surface area contributed by atoms with E-state index in [4.69, 9.17) is 4.74 Å². The van der Waals surface area contributed by atoms with Gasteiger partial charge in [0.1, 0.15) is 6.61 Å². The summed E-state index contributed by atoms with van der Waals surface area (Å²) in [4.78, 5) is 13.9. The lowest BCUT2D eigenvalue weighted by atomic mass is 9.98. The van der Waals surface area contributed by atoms with Gasteiger partial charge in [0.25, 0.3) is 0 Å². The summed E-state index contributed by atoms with van der Waals surface area (Å²) in [7, 11) is 1.97. The van der Waals surface area contributed by atoms with Gasteiger partial charge in [-0.05, 0) is 38.8 Å². The van der Waals surface area contributed by atoms with Crippen molar-refractivity contribution < 1.29 is 9.53 Å². The number of carbonyl (C=O) groups excluding carboxylic acids is 1. The van der Waals surface area contributed by atoms with Crippen LogP contribution in [0.1, 0.15) is 39.0 Å². The Balaban J connectivity index is 2.16. The maximum atomic E-state index is 12.0. The third-order valence-electron chi connectivity index (χ3n) is 3.48. The first kappa shape index (κ1) is 15.4. The molecule has 18 heavy (non-hydrogen) atoms. The maximum Gasteiger partial charge on any atom is 0.248 e. The van der Waals surface area contributed by atoms with E-state index in [1.165, 1.54) is 19.3 Å². The first-order valence-corrected chi connectivity index (χ1v) is 7.28. The summed E-state index contributed by atoms with van der Waals surface area (Å²) in [6.45, 7) is 5.93. The lowest BCUT2D eigenvalue weighted by Gasteiger charge is -2.32. The van der Waals surface area contributed by atoms with Crippen LogP contribution in [0.4, 0.5) is 0 Å². The highest BCUT2D eigenvalue weighted by molar-refractivity contribution is 5.77. The summed E-state index contributed by atoms with van der Waals surface area (Å²) in [5.74, 6) is 0.764. The second-order valence-corrected chi connectivity index (χ2v) is 5.17. The van der Waals surface area contributed by atoms with Gasteiger partial charge in [0.05, 0.1) is 0 Å². The molecule has 0 radical (unpaired) electrons. The largest absolute Gasteiger partial charge is 0.372 e. The molecule has 1 unspecified atom stereocenters. The maximum absolute atomic E-state index is 12.0. The molecule has 0 saturated carbocycles. The molecule has 1 aliphatic rings. The van der Waals surface area contributed by atoms with Gasteiger partial charge in [-0.1, -0.05) is 19.8 Å². The Morgan fingerprint density at radius 2 is 2.28 bits per heavy atom. The van der Waals surface area contributed by atoms with Crippen molar-refractivity contribution in [2.75, 3.05) is 39.9 Å². The predicted molar refractivity (Wildman–Crippen MR) is 73.6 cm³/mol. The van der Waals surface area contributed by atoms with Gasteiger partial charge in [-0.25, -0.2) is 0 Å². The summed E-state index contributed by atoms with van der Waals surface area (Å²) >= 11 is 0. The number of nitrogens with zero attached hydrogens (tertiary/aromatic N) is 1. The Morgan fingerprint density at radius 3 is 3.00 bits per heavy atom. The summed E-state index contributed by atoms with van der Waals surface area (Å²) in [5, 5.41) is 3.19. The standard InChI is InChI=1S/C14H28N2O2/c1-3-4-5-9-18-12-14(17)16-8-6-7-13(11-16)10-15-2/h13,15H,3-12H2,1-2H3. The molecule has 1 saturated heterocycles. The van der Waals surface area contributed by atoms with Gasteiger partial charge in [-0.3, -0.25) is 4.79 Å². The van der Waals surface area contributed by atoms with Crippen LogP contribution in [0.5, 0.6) is 0 Å². The van der Waals surface area contributed by atoms with Crippen LogP contribution in [0.15, 0.2) is 0 Å². The van der Waals surface area contributed by atoms with Gasteiger partial charge in [0.2, 0.25) is 5.91 Å². The van der Waals surface area contributed by atoms with Crippen molar-refractivity contribution in [2.24, 2.45) is 5.92 Å². The van der Waals surface area contributed by atoms with E-state index in [0.717, 1.165) is 32.5 Å². The van der Waals surface area contributed by atoms with Crippen LogP contribution in [0.2, 0.25) is 0 Å². The number of hydrogen-bond donors (Lipinski definition) is 1. The first-order chi connectivity index (χ1) is 8.77. The Morgan fingerprint density at radius 1 is 1.44 bits per heavy atom. The lowest BCUT2D eigenvalue weighted by molar-refractivity contribution is -0.138. The minimum Gasteiger partial charge on any atom is -0.372 e. The van der Waals surface area contributed by atoms with Gasteiger partial charge >= 0.3 is 0 Å². The second kappa shape index (κ2) is 9.34. The number of likely N-dealkylation sites (tertiary alicyclic amines) is 1. The van der Waals surface area contributed by atoms with Crippen molar-refractivity contribution >= 4 is 5.91 Å². The molecule has 1 heterocycles. The molecule has 0 aromatic heterocycles. The molecule has 4 nitrogen and oxygen atoms in total. The molecular formula is C14H28N2O2. The van der Waals surface area contributed by atoms with Crippen LogP contribution in [0.3, 0.4) is 0 Å². The van der Waals surface area contributed by atoms with E-state index in [1.54, 1.807) is 0 Å². The molecule has 1 rings (SSSR count). The number of rotatable bonds is 8. The lowest BCUT2D eigenvalue weighted by Crippen LogP contribution is -2.44.